The molecule has 0 saturated heterocycles. The summed E-state index contributed by atoms with van der Waals surface area (Å²) in [6.45, 7) is 5.69. The van der Waals surface area contributed by atoms with Gasteiger partial charge in [-0.1, -0.05) is 0 Å². The van der Waals surface area contributed by atoms with Crippen molar-refractivity contribution >= 4 is 17.9 Å². The fraction of sp³-hybridized carbons (Fsp3) is 0.900. The Balaban J connectivity index is 2.46. The molecule has 4 heteroatoms. The van der Waals surface area contributed by atoms with Crippen LogP contribution < -0.4 is 0 Å². The van der Waals surface area contributed by atoms with Gasteiger partial charge in [-0.15, -0.1) is 11.8 Å². The number of nitrogens with zero attached hydrogens (tertiary/aromatic N) is 1. The number of carbonyl (C=O) groups excluding carboxylic acids is 1. The van der Waals surface area contributed by atoms with E-state index in [2.05, 4.69) is 0 Å². The van der Waals surface area contributed by atoms with Crippen molar-refractivity contribution in [3.05, 3.63) is 0 Å². The molecule has 0 aromatic heterocycles. The summed E-state index contributed by atoms with van der Waals surface area (Å²) in [5.74, 6) is 0.736. The molecule has 1 saturated carbocycles. The Hall–Kier alpha value is -0.380. The molecule has 0 bridgehead atoms. The van der Waals surface area contributed by atoms with Crippen LogP contribution in [0.3, 0.4) is 0 Å². The second-order valence-corrected chi connectivity index (χ2v) is 5.43. The average Bonchev–Trinajstić information content (AvgIpc) is 2.78. The van der Waals surface area contributed by atoms with Crippen molar-refractivity contribution in [3.8, 4) is 0 Å². The smallest absolute Gasteiger partial charge is 0.411 e. The van der Waals surface area contributed by atoms with Gasteiger partial charge in [0.1, 0.15) is 5.60 Å². The zero-order chi connectivity index (χ0) is 10.8. The number of ether oxygens (including phenoxy) is 1. The average molecular weight is 217 g/mol. The van der Waals surface area contributed by atoms with Gasteiger partial charge in [0.25, 0.3) is 0 Å². The van der Waals surface area contributed by atoms with Crippen LogP contribution in [0.25, 0.3) is 0 Å². The highest BCUT2D eigenvalue weighted by Crippen LogP contribution is 2.29. The molecule has 82 valence electrons. The van der Waals surface area contributed by atoms with Crippen LogP contribution in [0, 0.1) is 0 Å². The third-order valence-corrected chi connectivity index (χ3v) is 2.42. The fourth-order valence-electron chi connectivity index (χ4n) is 1.15. The van der Waals surface area contributed by atoms with E-state index in [0.717, 1.165) is 18.7 Å². The Morgan fingerprint density at radius 3 is 2.43 bits per heavy atom. The van der Waals surface area contributed by atoms with Crippen molar-refractivity contribution in [3.63, 3.8) is 0 Å². The van der Waals surface area contributed by atoms with Crippen molar-refractivity contribution in [1.82, 2.24) is 4.90 Å². The Bertz CT molecular complexity index is 209. The predicted molar refractivity (Wildman–Crippen MR) is 59.5 cm³/mol. The summed E-state index contributed by atoms with van der Waals surface area (Å²) in [4.78, 5) is 13.5. The van der Waals surface area contributed by atoms with Crippen molar-refractivity contribution in [2.75, 3.05) is 12.1 Å². The normalized spacial score (nSPS) is 16.6. The molecule has 1 aliphatic rings. The highest BCUT2D eigenvalue weighted by molar-refractivity contribution is 7.98. The molecule has 0 aromatic rings. The van der Waals surface area contributed by atoms with Gasteiger partial charge >= 0.3 is 6.09 Å². The molecule has 0 spiro atoms. The predicted octanol–water partition coefficient (Wildman–Crippen LogP) is 2.71. The Labute approximate surface area is 90.2 Å². The van der Waals surface area contributed by atoms with Crippen LogP contribution in [0.5, 0.6) is 0 Å². The zero-order valence-corrected chi connectivity index (χ0v) is 10.2. The number of amides is 1. The van der Waals surface area contributed by atoms with Gasteiger partial charge in [0.15, 0.2) is 0 Å². The molecule has 0 aromatic carbocycles. The fourth-order valence-corrected chi connectivity index (χ4v) is 1.75. The van der Waals surface area contributed by atoms with E-state index in [1.807, 2.05) is 31.9 Å². The lowest BCUT2D eigenvalue weighted by Gasteiger charge is -2.26. The molecule has 1 fully saturated rings. The van der Waals surface area contributed by atoms with Gasteiger partial charge in [0, 0.05) is 6.04 Å². The number of carbonyl (C=O) groups is 1. The van der Waals surface area contributed by atoms with E-state index in [1.54, 1.807) is 11.8 Å². The number of hydrogen-bond acceptors (Lipinski definition) is 3. The Morgan fingerprint density at radius 2 is 2.07 bits per heavy atom. The molecule has 3 nitrogen and oxygen atoms in total. The summed E-state index contributed by atoms with van der Waals surface area (Å²) < 4.78 is 5.33. The highest BCUT2D eigenvalue weighted by Gasteiger charge is 2.34. The monoisotopic (exact) mass is 217 g/mol. The van der Waals surface area contributed by atoms with Gasteiger partial charge in [-0.2, -0.15) is 0 Å². The third-order valence-electron chi connectivity index (χ3n) is 1.88. The number of rotatable bonds is 3. The minimum Gasteiger partial charge on any atom is -0.444 e. The van der Waals surface area contributed by atoms with Crippen LogP contribution in [0.2, 0.25) is 0 Å². The molecule has 1 rings (SSSR count). The molecule has 14 heavy (non-hydrogen) atoms. The first-order valence-electron chi connectivity index (χ1n) is 4.92. The van der Waals surface area contributed by atoms with Gasteiger partial charge in [0.05, 0.1) is 5.88 Å². The van der Waals surface area contributed by atoms with Crippen LogP contribution in [0.15, 0.2) is 0 Å². The molecule has 0 N–H and O–H groups in total. The molecule has 1 amide bonds. The van der Waals surface area contributed by atoms with E-state index in [1.165, 1.54) is 0 Å². The molecule has 1 aliphatic carbocycles. The van der Waals surface area contributed by atoms with E-state index in [0.29, 0.717) is 6.04 Å². The minimum absolute atomic E-state index is 0.172. The second-order valence-electron chi connectivity index (χ2n) is 4.60. The first-order chi connectivity index (χ1) is 6.44. The van der Waals surface area contributed by atoms with Gasteiger partial charge in [-0.3, -0.25) is 4.90 Å². The number of thioether (sulfide) groups is 1. The van der Waals surface area contributed by atoms with Gasteiger partial charge < -0.3 is 4.74 Å². The largest absolute Gasteiger partial charge is 0.444 e. The van der Waals surface area contributed by atoms with Crippen molar-refractivity contribution in [1.29, 1.82) is 0 Å². The van der Waals surface area contributed by atoms with Crippen LogP contribution in [-0.2, 0) is 4.74 Å². The maximum atomic E-state index is 11.7. The summed E-state index contributed by atoms with van der Waals surface area (Å²) in [6, 6.07) is 0.428. The first kappa shape index (κ1) is 11.7. The van der Waals surface area contributed by atoms with Crippen LogP contribution in [0.4, 0.5) is 4.79 Å². The van der Waals surface area contributed by atoms with E-state index in [-0.39, 0.29) is 11.7 Å². The molecule has 0 aliphatic heterocycles. The summed E-state index contributed by atoms with van der Waals surface area (Å²) >= 11 is 1.66. The van der Waals surface area contributed by atoms with Crippen LogP contribution >= 0.6 is 11.8 Å². The molecule has 0 radical (unpaired) electrons. The van der Waals surface area contributed by atoms with Crippen LogP contribution in [0.1, 0.15) is 33.6 Å². The minimum atomic E-state index is -0.386. The summed E-state index contributed by atoms with van der Waals surface area (Å²) in [7, 11) is 0. The van der Waals surface area contributed by atoms with Gasteiger partial charge in [-0.05, 0) is 39.9 Å². The van der Waals surface area contributed by atoms with Crippen molar-refractivity contribution < 1.29 is 9.53 Å². The van der Waals surface area contributed by atoms with Crippen molar-refractivity contribution in [2.24, 2.45) is 0 Å². The molecule has 0 unspecified atom stereocenters. The number of hydrogen-bond donors (Lipinski definition) is 0. The standard InChI is InChI=1S/C10H19NO2S/c1-10(2,3)13-9(12)11(7-14-4)8-5-6-8/h8H,5-7H2,1-4H3. The zero-order valence-electron chi connectivity index (χ0n) is 9.37. The van der Waals surface area contributed by atoms with E-state index in [9.17, 15) is 4.79 Å². The summed E-state index contributed by atoms with van der Waals surface area (Å²) in [6.07, 6.45) is 4.08. The SMILES string of the molecule is CSCN(C(=O)OC(C)(C)C)C1CC1. The topological polar surface area (TPSA) is 29.5 Å². The first-order valence-corrected chi connectivity index (χ1v) is 6.32. The van der Waals surface area contributed by atoms with Crippen LogP contribution in [-0.4, -0.2) is 34.8 Å². The third kappa shape index (κ3) is 3.78. The quantitative estimate of drug-likeness (QED) is 0.681. The van der Waals surface area contributed by atoms with E-state index >= 15 is 0 Å². The maximum absolute atomic E-state index is 11.7. The molecule has 0 atom stereocenters. The van der Waals surface area contributed by atoms with E-state index in [4.69, 9.17) is 4.74 Å². The summed E-state index contributed by atoms with van der Waals surface area (Å²) in [5.41, 5.74) is -0.386. The Morgan fingerprint density at radius 1 is 1.50 bits per heavy atom. The lowest BCUT2D eigenvalue weighted by atomic mass is 10.2. The lowest BCUT2D eigenvalue weighted by molar-refractivity contribution is 0.0273. The second kappa shape index (κ2) is 4.43. The maximum Gasteiger partial charge on any atom is 0.411 e. The Kier molecular flexibility index (Phi) is 3.70. The molecule has 0 heterocycles. The van der Waals surface area contributed by atoms with Crippen molar-refractivity contribution in [2.45, 2.75) is 45.3 Å². The van der Waals surface area contributed by atoms with Gasteiger partial charge in [-0.25, -0.2) is 4.79 Å². The summed E-state index contributed by atoms with van der Waals surface area (Å²) in [5, 5.41) is 0. The molecular weight excluding hydrogens is 198 g/mol. The molecular formula is C10H19NO2S. The highest BCUT2D eigenvalue weighted by atomic mass is 32.2. The van der Waals surface area contributed by atoms with E-state index < -0.39 is 0 Å². The van der Waals surface area contributed by atoms with Gasteiger partial charge in [0.2, 0.25) is 0 Å². The lowest BCUT2D eigenvalue weighted by Crippen LogP contribution is -2.37.